The fraction of sp³-hybridized carbons (Fsp3) is 0.333. The quantitative estimate of drug-likeness (QED) is 0.724. The van der Waals surface area contributed by atoms with Crippen LogP contribution in [0.1, 0.15) is 5.56 Å². The van der Waals surface area contributed by atoms with Gasteiger partial charge in [0.1, 0.15) is 5.75 Å². The predicted octanol–water partition coefficient (Wildman–Crippen LogP) is 1.76. The third-order valence-electron chi connectivity index (χ3n) is 2.07. The molecule has 0 amide bonds. The number of hydrogen-bond donors (Lipinski definition) is 1. The maximum atomic E-state index is 8.87. The lowest BCUT2D eigenvalue weighted by molar-refractivity contribution is 0.0323. The molecule has 0 aliphatic heterocycles. The molecular weight excluding hydrogens is 192 g/mol. The van der Waals surface area contributed by atoms with E-state index in [1.807, 2.05) is 24.3 Å². The van der Waals surface area contributed by atoms with Crippen molar-refractivity contribution in [3.05, 3.63) is 42.5 Å². The smallest absolute Gasteiger partial charge is 0.118 e. The van der Waals surface area contributed by atoms with E-state index in [2.05, 4.69) is 6.58 Å². The zero-order valence-electron chi connectivity index (χ0n) is 8.85. The molecule has 0 unspecified atom stereocenters. The first-order valence-corrected chi connectivity index (χ1v) is 4.78. The van der Waals surface area contributed by atoms with Crippen LogP contribution < -0.4 is 4.74 Å². The van der Waals surface area contributed by atoms with E-state index in [-0.39, 0.29) is 12.7 Å². The average Bonchev–Trinajstić information content (AvgIpc) is 2.31. The summed E-state index contributed by atoms with van der Waals surface area (Å²) in [6, 6.07) is 7.60. The summed E-state index contributed by atoms with van der Waals surface area (Å²) >= 11 is 0. The van der Waals surface area contributed by atoms with Gasteiger partial charge in [-0.1, -0.05) is 18.2 Å². The van der Waals surface area contributed by atoms with Crippen LogP contribution >= 0.6 is 0 Å². The normalized spacial score (nSPS) is 12.1. The first-order chi connectivity index (χ1) is 7.30. The topological polar surface area (TPSA) is 38.7 Å². The molecule has 1 aromatic carbocycles. The van der Waals surface area contributed by atoms with Gasteiger partial charge in [0.25, 0.3) is 0 Å². The standard InChI is InChI=1S/C12H16O3/c1-3-11(8-13)15-9-10-4-6-12(14-2)7-5-10/h3-7,11,13H,1,8-9H2,2H3/t11-/m1/s1. The Morgan fingerprint density at radius 2 is 2.07 bits per heavy atom. The number of methoxy groups -OCH3 is 1. The molecule has 1 atom stereocenters. The monoisotopic (exact) mass is 208 g/mol. The fourth-order valence-corrected chi connectivity index (χ4v) is 1.12. The predicted molar refractivity (Wildman–Crippen MR) is 58.9 cm³/mol. The van der Waals surface area contributed by atoms with Crippen molar-refractivity contribution < 1.29 is 14.6 Å². The maximum absolute atomic E-state index is 8.87. The second kappa shape index (κ2) is 6.22. The molecule has 0 bridgehead atoms. The molecule has 82 valence electrons. The molecule has 0 saturated heterocycles. The van der Waals surface area contributed by atoms with E-state index in [0.717, 1.165) is 11.3 Å². The highest BCUT2D eigenvalue weighted by Gasteiger charge is 2.02. The van der Waals surface area contributed by atoms with Crippen LogP contribution in [0, 0.1) is 0 Å². The number of benzene rings is 1. The number of rotatable bonds is 6. The third-order valence-corrected chi connectivity index (χ3v) is 2.07. The molecular formula is C12H16O3. The number of hydrogen-bond acceptors (Lipinski definition) is 3. The van der Waals surface area contributed by atoms with Gasteiger partial charge in [-0.25, -0.2) is 0 Å². The SMILES string of the molecule is C=C[C@H](CO)OCc1ccc(OC)cc1. The van der Waals surface area contributed by atoms with E-state index in [1.54, 1.807) is 13.2 Å². The molecule has 1 rings (SSSR count). The second-order valence-electron chi connectivity index (χ2n) is 3.12. The largest absolute Gasteiger partial charge is 0.497 e. The zero-order chi connectivity index (χ0) is 11.1. The summed E-state index contributed by atoms with van der Waals surface area (Å²) in [6.07, 6.45) is 1.29. The Bertz CT molecular complexity index is 292. The average molecular weight is 208 g/mol. The van der Waals surface area contributed by atoms with Crippen molar-refractivity contribution in [3.8, 4) is 5.75 Å². The summed E-state index contributed by atoms with van der Waals surface area (Å²) in [4.78, 5) is 0. The van der Waals surface area contributed by atoms with Crippen molar-refractivity contribution in [2.45, 2.75) is 12.7 Å². The Kier molecular flexibility index (Phi) is 4.87. The van der Waals surface area contributed by atoms with E-state index >= 15 is 0 Å². The third kappa shape index (κ3) is 3.73. The van der Waals surface area contributed by atoms with Crippen molar-refractivity contribution in [2.24, 2.45) is 0 Å². The van der Waals surface area contributed by atoms with Gasteiger partial charge in [0.15, 0.2) is 0 Å². The summed E-state index contributed by atoms with van der Waals surface area (Å²) in [5, 5.41) is 8.87. The molecule has 0 saturated carbocycles. The van der Waals surface area contributed by atoms with Crippen molar-refractivity contribution in [3.63, 3.8) is 0 Å². The van der Waals surface area contributed by atoms with Gasteiger partial charge in [-0.3, -0.25) is 0 Å². The maximum Gasteiger partial charge on any atom is 0.118 e. The number of aliphatic hydroxyl groups is 1. The first kappa shape index (κ1) is 11.8. The van der Waals surface area contributed by atoms with E-state index in [0.29, 0.717) is 6.61 Å². The minimum atomic E-state index is -0.299. The Labute approximate surface area is 90.0 Å². The molecule has 3 heteroatoms. The molecule has 0 spiro atoms. The summed E-state index contributed by atoms with van der Waals surface area (Å²) in [6.45, 7) is 3.98. The minimum absolute atomic E-state index is 0.0420. The fourth-order valence-electron chi connectivity index (χ4n) is 1.12. The molecule has 1 aromatic rings. The van der Waals surface area contributed by atoms with Crippen LogP contribution in [0.5, 0.6) is 5.75 Å². The Morgan fingerprint density at radius 1 is 1.40 bits per heavy atom. The Balaban J connectivity index is 2.46. The first-order valence-electron chi connectivity index (χ1n) is 4.78. The second-order valence-corrected chi connectivity index (χ2v) is 3.12. The van der Waals surface area contributed by atoms with Crippen LogP contribution in [0.4, 0.5) is 0 Å². The van der Waals surface area contributed by atoms with Crippen LogP contribution in [0.25, 0.3) is 0 Å². The van der Waals surface area contributed by atoms with Crippen LogP contribution in [0.2, 0.25) is 0 Å². The van der Waals surface area contributed by atoms with Crippen molar-refractivity contribution in [2.75, 3.05) is 13.7 Å². The van der Waals surface area contributed by atoms with E-state index in [1.165, 1.54) is 0 Å². The summed E-state index contributed by atoms with van der Waals surface area (Å²) < 4.78 is 10.4. The highest BCUT2D eigenvalue weighted by Crippen LogP contribution is 2.12. The highest BCUT2D eigenvalue weighted by atomic mass is 16.5. The Hall–Kier alpha value is -1.32. The molecule has 15 heavy (non-hydrogen) atoms. The molecule has 1 N–H and O–H groups in total. The van der Waals surface area contributed by atoms with E-state index in [4.69, 9.17) is 14.6 Å². The molecule has 0 fully saturated rings. The van der Waals surface area contributed by atoms with Gasteiger partial charge in [-0.15, -0.1) is 6.58 Å². The van der Waals surface area contributed by atoms with E-state index < -0.39 is 0 Å². The molecule has 0 aliphatic carbocycles. The van der Waals surface area contributed by atoms with Gasteiger partial charge in [-0.2, -0.15) is 0 Å². The van der Waals surface area contributed by atoms with Gasteiger partial charge in [-0.05, 0) is 17.7 Å². The Morgan fingerprint density at radius 3 is 2.53 bits per heavy atom. The molecule has 0 aliphatic rings. The lowest BCUT2D eigenvalue weighted by Gasteiger charge is -2.10. The minimum Gasteiger partial charge on any atom is -0.497 e. The lowest BCUT2D eigenvalue weighted by Crippen LogP contribution is -2.13. The molecule has 0 heterocycles. The van der Waals surface area contributed by atoms with E-state index in [9.17, 15) is 0 Å². The zero-order valence-corrected chi connectivity index (χ0v) is 8.85. The summed E-state index contributed by atoms with van der Waals surface area (Å²) in [7, 11) is 1.63. The van der Waals surface area contributed by atoms with Crippen molar-refractivity contribution >= 4 is 0 Å². The van der Waals surface area contributed by atoms with Crippen molar-refractivity contribution in [1.29, 1.82) is 0 Å². The highest BCUT2D eigenvalue weighted by molar-refractivity contribution is 5.26. The summed E-state index contributed by atoms with van der Waals surface area (Å²) in [5.74, 6) is 0.821. The molecule has 0 aromatic heterocycles. The molecule has 0 radical (unpaired) electrons. The van der Waals surface area contributed by atoms with Crippen molar-refractivity contribution in [1.82, 2.24) is 0 Å². The molecule has 3 nitrogen and oxygen atoms in total. The van der Waals surface area contributed by atoms with Crippen LogP contribution in [0.15, 0.2) is 36.9 Å². The van der Waals surface area contributed by atoms with Gasteiger partial charge in [0.05, 0.1) is 26.4 Å². The summed E-state index contributed by atoms with van der Waals surface area (Å²) in [5.41, 5.74) is 1.04. The lowest BCUT2D eigenvalue weighted by atomic mass is 10.2. The number of ether oxygens (including phenoxy) is 2. The number of aliphatic hydroxyl groups excluding tert-OH is 1. The van der Waals surface area contributed by atoms with Gasteiger partial charge < -0.3 is 14.6 Å². The van der Waals surface area contributed by atoms with Crippen LogP contribution in [0.3, 0.4) is 0 Å². The van der Waals surface area contributed by atoms with Gasteiger partial charge >= 0.3 is 0 Å². The van der Waals surface area contributed by atoms with Gasteiger partial charge in [0, 0.05) is 0 Å². The van der Waals surface area contributed by atoms with Gasteiger partial charge in [0.2, 0.25) is 0 Å². The van der Waals surface area contributed by atoms with Crippen LogP contribution in [-0.4, -0.2) is 24.9 Å². The van der Waals surface area contributed by atoms with Crippen LogP contribution in [-0.2, 0) is 11.3 Å².